The molecule has 0 saturated heterocycles. The highest BCUT2D eigenvalue weighted by Gasteiger charge is 2.17. The smallest absolute Gasteiger partial charge is 0.240 e. The van der Waals surface area contributed by atoms with Gasteiger partial charge in [0, 0.05) is 12.6 Å². The lowest BCUT2D eigenvalue weighted by atomic mass is 10.2. The molecule has 0 amide bonds. The Kier molecular flexibility index (Phi) is 5.78. The Balaban J connectivity index is 2.79. The summed E-state index contributed by atoms with van der Waals surface area (Å²) >= 11 is 0. The summed E-state index contributed by atoms with van der Waals surface area (Å²) in [5.74, 6) is 0. The second kappa shape index (κ2) is 6.87. The summed E-state index contributed by atoms with van der Waals surface area (Å²) in [4.78, 5) is 0.303. The van der Waals surface area contributed by atoms with Crippen molar-refractivity contribution in [2.75, 3.05) is 6.61 Å². The van der Waals surface area contributed by atoms with Crippen molar-refractivity contribution < 1.29 is 13.5 Å². The number of aryl methyl sites for hydroxylation is 1. The molecule has 18 heavy (non-hydrogen) atoms. The molecular weight excluding hydrogens is 250 g/mol. The van der Waals surface area contributed by atoms with Crippen LogP contribution in [0.1, 0.15) is 32.3 Å². The molecule has 102 valence electrons. The molecule has 0 bridgehead atoms. The SMILES string of the molecule is CCc1cccc(S(=O)(=O)NC(C)CCCO)c1. The third-order valence-electron chi connectivity index (χ3n) is 2.77. The third kappa shape index (κ3) is 4.40. The number of nitrogens with one attached hydrogen (secondary N) is 1. The van der Waals surface area contributed by atoms with E-state index < -0.39 is 10.0 Å². The van der Waals surface area contributed by atoms with Crippen molar-refractivity contribution in [2.45, 2.75) is 44.0 Å². The number of hydrogen-bond donors (Lipinski definition) is 2. The van der Waals surface area contributed by atoms with E-state index >= 15 is 0 Å². The maximum Gasteiger partial charge on any atom is 0.240 e. The van der Waals surface area contributed by atoms with Gasteiger partial charge in [0.25, 0.3) is 0 Å². The number of rotatable bonds is 7. The van der Waals surface area contributed by atoms with Gasteiger partial charge in [-0.2, -0.15) is 0 Å². The first-order chi connectivity index (χ1) is 8.49. The van der Waals surface area contributed by atoms with E-state index in [2.05, 4.69) is 4.72 Å². The Bertz CT molecular complexity index is 471. The quantitative estimate of drug-likeness (QED) is 0.793. The molecule has 0 spiro atoms. The minimum absolute atomic E-state index is 0.0807. The lowest BCUT2D eigenvalue weighted by molar-refractivity contribution is 0.279. The zero-order valence-electron chi connectivity index (χ0n) is 10.9. The fourth-order valence-electron chi connectivity index (χ4n) is 1.72. The molecule has 1 atom stereocenters. The van der Waals surface area contributed by atoms with Crippen LogP contribution in [0, 0.1) is 0 Å². The van der Waals surface area contributed by atoms with Crippen molar-refractivity contribution in [3.05, 3.63) is 29.8 Å². The summed E-state index contributed by atoms with van der Waals surface area (Å²) < 4.78 is 26.8. The normalized spacial score (nSPS) is 13.5. The molecular formula is C13H21NO3S. The number of aliphatic hydroxyl groups is 1. The van der Waals surface area contributed by atoms with E-state index in [1.807, 2.05) is 13.0 Å². The minimum Gasteiger partial charge on any atom is -0.396 e. The molecule has 1 aromatic rings. The van der Waals surface area contributed by atoms with Gasteiger partial charge in [-0.3, -0.25) is 0 Å². The Labute approximate surface area is 109 Å². The number of aliphatic hydroxyl groups excluding tert-OH is 1. The van der Waals surface area contributed by atoms with E-state index in [9.17, 15) is 8.42 Å². The van der Waals surface area contributed by atoms with Crippen LogP contribution in [0.4, 0.5) is 0 Å². The third-order valence-corrected chi connectivity index (χ3v) is 4.36. The van der Waals surface area contributed by atoms with E-state index in [4.69, 9.17) is 5.11 Å². The molecule has 0 radical (unpaired) electrons. The Morgan fingerprint density at radius 3 is 2.72 bits per heavy atom. The molecule has 0 aromatic heterocycles. The van der Waals surface area contributed by atoms with Gasteiger partial charge in [0.1, 0.15) is 0 Å². The fraction of sp³-hybridized carbons (Fsp3) is 0.538. The number of sulfonamides is 1. The minimum atomic E-state index is -3.45. The topological polar surface area (TPSA) is 66.4 Å². The summed E-state index contributed by atoms with van der Waals surface area (Å²) in [6.45, 7) is 3.87. The Hall–Kier alpha value is -0.910. The first-order valence-electron chi connectivity index (χ1n) is 6.21. The van der Waals surface area contributed by atoms with Crippen LogP contribution in [0.3, 0.4) is 0 Å². The van der Waals surface area contributed by atoms with Crippen molar-refractivity contribution in [1.82, 2.24) is 4.72 Å². The van der Waals surface area contributed by atoms with E-state index in [1.165, 1.54) is 0 Å². The second-order valence-corrected chi connectivity index (χ2v) is 6.10. The van der Waals surface area contributed by atoms with E-state index in [0.717, 1.165) is 12.0 Å². The maximum absolute atomic E-state index is 12.1. The summed E-state index contributed by atoms with van der Waals surface area (Å²) in [7, 11) is -3.45. The molecule has 0 aliphatic carbocycles. The molecule has 0 fully saturated rings. The van der Waals surface area contributed by atoms with Gasteiger partial charge in [-0.1, -0.05) is 19.1 Å². The highest BCUT2D eigenvalue weighted by molar-refractivity contribution is 7.89. The molecule has 0 heterocycles. The zero-order chi connectivity index (χ0) is 13.6. The molecule has 0 aliphatic rings. The van der Waals surface area contributed by atoms with Gasteiger partial charge in [-0.15, -0.1) is 0 Å². The van der Waals surface area contributed by atoms with Crippen LogP contribution in [0.15, 0.2) is 29.2 Å². The fourth-order valence-corrected chi connectivity index (χ4v) is 3.07. The molecule has 1 unspecified atom stereocenters. The van der Waals surface area contributed by atoms with Crippen LogP contribution >= 0.6 is 0 Å². The lowest BCUT2D eigenvalue weighted by Crippen LogP contribution is -2.32. The highest BCUT2D eigenvalue weighted by atomic mass is 32.2. The van der Waals surface area contributed by atoms with Crippen LogP contribution in [-0.4, -0.2) is 26.2 Å². The van der Waals surface area contributed by atoms with Crippen molar-refractivity contribution >= 4 is 10.0 Å². The summed E-state index contributed by atoms with van der Waals surface area (Å²) in [6.07, 6.45) is 2.03. The number of benzene rings is 1. The monoisotopic (exact) mass is 271 g/mol. The lowest BCUT2D eigenvalue weighted by Gasteiger charge is -2.14. The molecule has 1 aromatic carbocycles. The molecule has 0 saturated carbocycles. The van der Waals surface area contributed by atoms with Crippen LogP contribution < -0.4 is 4.72 Å². The molecule has 1 rings (SSSR count). The first kappa shape index (κ1) is 15.1. The van der Waals surface area contributed by atoms with Crippen molar-refractivity contribution in [2.24, 2.45) is 0 Å². The molecule has 4 nitrogen and oxygen atoms in total. The van der Waals surface area contributed by atoms with Crippen LogP contribution in [0.2, 0.25) is 0 Å². The first-order valence-corrected chi connectivity index (χ1v) is 7.70. The summed E-state index contributed by atoms with van der Waals surface area (Å²) in [5, 5.41) is 8.72. The highest BCUT2D eigenvalue weighted by Crippen LogP contribution is 2.13. The van der Waals surface area contributed by atoms with Crippen LogP contribution in [0.5, 0.6) is 0 Å². The largest absolute Gasteiger partial charge is 0.396 e. The van der Waals surface area contributed by atoms with Gasteiger partial charge >= 0.3 is 0 Å². The summed E-state index contributed by atoms with van der Waals surface area (Å²) in [5.41, 5.74) is 1.00. The van der Waals surface area contributed by atoms with Crippen molar-refractivity contribution in [1.29, 1.82) is 0 Å². The van der Waals surface area contributed by atoms with Gasteiger partial charge in [0.05, 0.1) is 4.90 Å². The Morgan fingerprint density at radius 2 is 2.11 bits per heavy atom. The second-order valence-electron chi connectivity index (χ2n) is 4.39. The van der Waals surface area contributed by atoms with Gasteiger partial charge in [-0.05, 0) is 43.9 Å². The standard InChI is InChI=1S/C13H21NO3S/c1-3-12-7-4-8-13(10-12)18(16,17)14-11(2)6-5-9-15/h4,7-8,10-11,14-15H,3,5-6,9H2,1-2H3. The average molecular weight is 271 g/mol. The molecule has 0 aliphatic heterocycles. The predicted molar refractivity (Wildman–Crippen MR) is 71.9 cm³/mol. The average Bonchev–Trinajstić information content (AvgIpc) is 2.36. The van der Waals surface area contributed by atoms with Gasteiger partial charge in [0.15, 0.2) is 0 Å². The van der Waals surface area contributed by atoms with Crippen molar-refractivity contribution in [3.8, 4) is 0 Å². The van der Waals surface area contributed by atoms with Crippen LogP contribution in [0.25, 0.3) is 0 Å². The van der Waals surface area contributed by atoms with E-state index in [0.29, 0.717) is 17.7 Å². The van der Waals surface area contributed by atoms with Gasteiger partial charge in [-0.25, -0.2) is 13.1 Å². The van der Waals surface area contributed by atoms with E-state index in [1.54, 1.807) is 25.1 Å². The van der Waals surface area contributed by atoms with Gasteiger partial charge in [0.2, 0.25) is 10.0 Å². The maximum atomic E-state index is 12.1. The van der Waals surface area contributed by atoms with Crippen molar-refractivity contribution in [3.63, 3.8) is 0 Å². The Morgan fingerprint density at radius 1 is 1.39 bits per heavy atom. The number of hydrogen-bond acceptors (Lipinski definition) is 3. The van der Waals surface area contributed by atoms with Gasteiger partial charge < -0.3 is 5.11 Å². The molecule has 2 N–H and O–H groups in total. The van der Waals surface area contributed by atoms with E-state index in [-0.39, 0.29) is 12.6 Å². The molecule has 5 heteroatoms. The predicted octanol–water partition coefficient (Wildman–Crippen LogP) is 1.69. The van der Waals surface area contributed by atoms with Crippen LogP contribution in [-0.2, 0) is 16.4 Å². The summed E-state index contributed by atoms with van der Waals surface area (Å²) in [6, 6.07) is 6.79. The zero-order valence-corrected chi connectivity index (χ0v) is 11.7.